The highest BCUT2D eigenvalue weighted by Crippen LogP contribution is 2.32. The third-order valence-electron chi connectivity index (χ3n) is 4.30. The van der Waals surface area contributed by atoms with Gasteiger partial charge in [-0.2, -0.15) is 13.2 Å². The zero-order valence-corrected chi connectivity index (χ0v) is 19.2. The lowest BCUT2D eigenvalue weighted by atomic mass is 9.97. The van der Waals surface area contributed by atoms with Crippen molar-refractivity contribution in [2.75, 3.05) is 31.2 Å². The zero-order chi connectivity index (χ0) is 23.4. The number of halogens is 3. The van der Waals surface area contributed by atoms with Crippen LogP contribution in [0, 0.1) is 5.92 Å². The van der Waals surface area contributed by atoms with Gasteiger partial charge in [-0.1, -0.05) is 23.1 Å². The lowest BCUT2D eigenvalue weighted by Gasteiger charge is -2.33. The van der Waals surface area contributed by atoms with Crippen molar-refractivity contribution >= 4 is 46.0 Å². The standard InChI is InChI=1S/C18H25F3N4O4S2/c1-17(2,3)29-16(28)25-7-5-10(6-8-25)9-22-12(26)11-13(31-15(23-11)30-4)24-14(27)18(19,20)21/h10H,5-9H2,1-4H3,(H,22,26)(H,24,27). The van der Waals surface area contributed by atoms with Crippen molar-refractivity contribution in [2.45, 2.75) is 49.7 Å². The molecule has 174 valence electrons. The van der Waals surface area contributed by atoms with Crippen molar-refractivity contribution in [1.29, 1.82) is 0 Å². The molecule has 2 N–H and O–H groups in total. The van der Waals surface area contributed by atoms with E-state index in [0.29, 0.717) is 30.3 Å². The molecule has 0 atom stereocenters. The number of likely N-dealkylation sites (tertiary alicyclic amines) is 1. The van der Waals surface area contributed by atoms with E-state index in [0.717, 1.165) is 23.1 Å². The minimum atomic E-state index is -5.07. The summed E-state index contributed by atoms with van der Waals surface area (Å²) in [6.45, 7) is 6.61. The number of ether oxygens (including phenoxy) is 1. The molecule has 1 aliphatic heterocycles. The number of nitrogens with zero attached hydrogens (tertiary/aromatic N) is 2. The molecule has 0 saturated carbocycles. The molecular formula is C18H25F3N4O4S2. The van der Waals surface area contributed by atoms with Gasteiger partial charge in [-0.25, -0.2) is 9.78 Å². The second-order valence-corrected chi connectivity index (χ2v) is 9.99. The first-order chi connectivity index (χ1) is 14.3. The zero-order valence-electron chi connectivity index (χ0n) is 17.6. The van der Waals surface area contributed by atoms with Crippen molar-refractivity contribution in [1.82, 2.24) is 15.2 Å². The summed E-state index contributed by atoms with van der Waals surface area (Å²) in [6.07, 6.45) is -2.51. The Hall–Kier alpha value is -2.02. The lowest BCUT2D eigenvalue weighted by Crippen LogP contribution is -2.43. The predicted octanol–water partition coefficient (Wildman–Crippen LogP) is 3.74. The summed E-state index contributed by atoms with van der Waals surface area (Å²) in [6, 6.07) is 0. The van der Waals surface area contributed by atoms with Crippen LogP contribution in [0.15, 0.2) is 4.34 Å². The number of piperidine rings is 1. The number of aromatic nitrogens is 1. The molecule has 1 aromatic rings. The topological polar surface area (TPSA) is 101 Å². The van der Waals surface area contributed by atoms with Gasteiger partial charge in [0.1, 0.15) is 10.6 Å². The van der Waals surface area contributed by atoms with E-state index < -0.39 is 23.6 Å². The number of thiazole rings is 1. The first-order valence-corrected chi connectivity index (χ1v) is 11.5. The Balaban J connectivity index is 1.91. The summed E-state index contributed by atoms with van der Waals surface area (Å²) in [5.41, 5.74) is -0.831. The van der Waals surface area contributed by atoms with E-state index in [4.69, 9.17) is 4.74 Å². The summed E-state index contributed by atoms with van der Waals surface area (Å²) >= 11 is 1.96. The second-order valence-electron chi connectivity index (χ2n) is 7.93. The molecular weight excluding hydrogens is 457 g/mol. The van der Waals surface area contributed by atoms with E-state index in [1.807, 2.05) is 0 Å². The smallest absolute Gasteiger partial charge is 0.444 e. The van der Waals surface area contributed by atoms with Crippen molar-refractivity contribution < 1.29 is 32.3 Å². The third-order valence-corrected chi connectivity index (χ3v) is 6.26. The van der Waals surface area contributed by atoms with E-state index in [2.05, 4.69) is 10.3 Å². The molecule has 0 aromatic carbocycles. The van der Waals surface area contributed by atoms with Gasteiger partial charge in [0.05, 0.1) is 0 Å². The number of carbonyl (C=O) groups excluding carboxylic acids is 3. The molecule has 13 heteroatoms. The Morgan fingerprint density at radius 3 is 2.35 bits per heavy atom. The molecule has 0 spiro atoms. The highest BCUT2D eigenvalue weighted by molar-refractivity contribution is 8.00. The SMILES string of the molecule is CSc1nc(C(=O)NCC2CCN(C(=O)OC(C)(C)C)CC2)c(NC(=O)C(F)(F)F)s1. The monoisotopic (exact) mass is 482 g/mol. The van der Waals surface area contributed by atoms with Crippen molar-refractivity contribution in [3.05, 3.63) is 5.69 Å². The van der Waals surface area contributed by atoms with Gasteiger partial charge in [0.15, 0.2) is 10.0 Å². The maximum Gasteiger partial charge on any atom is 0.471 e. The number of carbonyl (C=O) groups is 3. The highest BCUT2D eigenvalue weighted by Gasteiger charge is 2.40. The van der Waals surface area contributed by atoms with Crippen LogP contribution < -0.4 is 10.6 Å². The number of hydrogen-bond donors (Lipinski definition) is 2. The van der Waals surface area contributed by atoms with Crippen molar-refractivity contribution in [3.8, 4) is 0 Å². The van der Waals surface area contributed by atoms with E-state index in [1.165, 1.54) is 0 Å². The van der Waals surface area contributed by atoms with Crippen LogP contribution in [-0.4, -0.2) is 65.5 Å². The fourth-order valence-electron chi connectivity index (χ4n) is 2.77. The summed E-state index contributed by atoms with van der Waals surface area (Å²) in [5.74, 6) is -2.73. The van der Waals surface area contributed by atoms with Gasteiger partial charge in [0.25, 0.3) is 5.91 Å². The van der Waals surface area contributed by atoms with E-state index in [9.17, 15) is 27.6 Å². The summed E-state index contributed by atoms with van der Waals surface area (Å²) in [7, 11) is 0. The van der Waals surface area contributed by atoms with Crippen molar-refractivity contribution in [2.24, 2.45) is 5.92 Å². The van der Waals surface area contributed by atoms with Gasteiger partial charge in [0, 0.05) is 19.6 Å². The van der Waals surface area contributed by atoms with Gasteiger partial charge in [-0.15, -0.1) is 0 Å². The number of alkyl halides is 3. The number of amides is 3. The Morgan fingerprint density at radius 1 is 1.23 bits per heavy atom. The van der Waals surface area contributed by atoms with Gasteiger partial charge < -0.3 is 20.3 Å². The average Bonchev–Trinajstić information content (AvgIpc) is 3.07. The van der Waals surface area contributed by atoms with Crippen LogP contribution in [0.25, 0.3) is 0 Å². The van der Waals surface area contributed by atoms with E-state index >= 15 is 0 Å². The first kappa shape index (κ1) is 25.2. The number of thioether (sulfide) groups is 1. The molecule has 2 heterocycles. The Kier molecular flexibility index (Phi) is 8.20. The quantitative estimate of drug-likeness (QED) is 0.620. The molecule has 3 amide bonds. The number of anilines is 1. The molecule has 0 radical (unpaired) electrons. The fraction of sp³-hybridized carbons (Fsp3) is 0.667. The van der Waals surface area contributed by atoms with Crippen LogP contribution >= 0.6 is 23.1 Å². The molecule has 0 unspecified atom stereocenters. The molecule has 1 aromatic heterocycles. The van der Waals surface area contributed by atoms with Crippen LogP contribution in [-0.2, 0) is 9.53 Å². The van der Waals surface area contributed by atoms with Gasteiger partial charge in [-0.3, -0.25) is 9.59 Å². The van der Waals surface area contributed by atoms with Gasteiger partial charge >= 0.3 is 18.2 Å². The molecule has 2 rings (SSSR count). The largest absolute Gasteiger partial charge is 0.471 e. The minimum absolute atomic E-state index is 0.0921. The van der Waals surface area contributed by atoms with Crippen molar-refractivity contribution in [3.63, 3.8) is 0 Å². The summed E-state index contributed by atoms with van der Waals surface area (Å²) < 4.78 is 43.4. The summed E-state index contributed by atoms with van der Waals surface area (Å²) in [4.78, 5) is 41.5. The van der Waals surface area contributed by atoms with Crippen LogP contribution in [0.3, 0.4) is 0 Å². The number of nitrogens with one attached hydrogen (secondary N) is 2. The minimum Gasteiger partial charge on any atom is -0.444 e. The normalized spacial score (nSPS) is 15.5. The second kappa shape index (κ2) is 10.1. The maximum atomic E-state index is 12.6. The molecule has 1 saturated heterocycles. The molecule has 31 heavy (non-hydrogen) atoms. The van der Waals surface area contributed by atoms with Crippen LogP contribution in [0.5, 0.6) is 0 Å². The lowest BCUT2D eigenvalue weighted by molar-refractivity contribution is -0.167. The fourth-order valence-corrected chi connectivity index (χ4v) is 4.22. The highest BCUT2D eigenvalue weighted by atomic mass is 32.2. The molecule has 8 nitrogen and oxygen atoms in total. The van der Waals surface area contributed by atoms with E-state index in [-0.39, 0.29) is 29.3 Å². The Morgan fingerprint density at radius 2 is 1.84 bits per heavy atom. The molecule has 1 fully saturated rings. The van der Waals surface area contributed by atoms with Crippen LogP contribution in [0.1, 0.15) is 44.1 Å². The van der Waals surface area contributed by atoms with Crippen LogP contribution in [0.2, 0.25) is 0 Å². The Bertz CT molecular complexity index is 816. The predicted molar refractivity (Wildman–Crippen MR) is 111 cm³/mol. The number of hydrogen-bond acceptors (Lipinski definition) is 7. The van der Waals surface area contributed by atoms with Gasteiger partial charge in [0.2, 0.25) is 0 Å². The molecule has 1 aliphatic rings. The van der Waals surface area contributed by atoms with Crippen LogP contribution in [0.4, 0.5) is 23.0 Å². The maximum absolute atomic E-state index is 12.6. The third kappa shape index (κ3) is 7.56. The molecule has 0 bridgehead atoms. The average molecular weight is 483 g/mol. The Labute approximate surface area is 186 Å². The van der Waals surface area contributed by atoms with Gasteiger partial charge in [-0.05, 0) is 45.8 Å². The first-order valence-electron chi connectivity index (χ1n) is 9.49. The summed E-state index contributed by atoms with van der Waals surface area (Å²) in [5, 5.41) is 4.14. The van der Waals surface area contributed by atoms with E-state index in [1.54, 1.807) is 37.2 Å². The molecule has 0 aliphatic carbocycles. The number of rotatable bonds is 5.